The molecule has 0 atom stereocenters. The van der Waals surface area contributed by atoms with Crippen molar-refractivity contribution < 1.29 is 19.1 Å². The van der Waals surface area contributed by atoms with E-state index >= 15 is 0 Å². The van der Waals surface area contributed by atoms with Gasteiger partial charge in [0.15, 0.2) is 6.61 Å². The van der Waals surface area contributed by atoms with Gasteiger partial charge in [0.1, 0.15) is 11.5 Å². The van der Waals surface area contributed by atoms with Crippen molar-refractivity contribution in [1.82, 2.24) is 0 Å². The van der Waals surface area contributed by atoms with E-state index in [2.05, 4.69) is 5.32 Å². The molecule has 0 aliphatic carbocycles. The Morgan fingerprint density at radius 2 is 2.12 bits per heavy atom. The van der Waals surface area contributed by atoms with Crippen LogP contribution in [0.2, 0.25) is 0 Å². The first kappa shape index (κ1) is 15.9. The summed E-state index contributed by atoms with van der Waals surface area (Å²) in [6.07, 6.45) is 2.50. The van der Waals surface area contributed by atoms with E-state index in [1.165, 1.54) is 7.11 Å². The first-order valence-electron chi connectivity index (χ1n) is 7.55. The highest BCUT2D eigenvalue weighted by atomic mass is 16.5. The average Bonchev–Trinajstić information content (AvgIpc) is 3.05. The van der Waals surface area contributed by atoms with Crippen molar-refractivity contribution >= 4 is 23.7 Å². The second-order valence-corrected chi connectivity index (χ2v) is 5.26. The molecule has 1 aliphatic rings. The minimum Gasteiger partial charge on any atom is -0.494 e. The Bertz CT molecular complexity index is 760. The van der Waals surface area contributed by atoms with E-state index in [0.717, 1.165) is 17.7 Å². The highest BCUT2D eigenvalue weighted by molar-refractivity contribution is 6.03. The fraction of sp³-hybridized carbons (Fsp3) is 0.222. The number of fused-ring (bicyclic) bond motifs is 1. The van der Waals surface area contributed by atoms with Crippen LogP contribution in [-0.4, -0.2) is 32.6 Å². The number of nitrogens with one attached hydrogen (secondary N) is 1. The number of methoxy groups -OCH3 is 1. The predicted octanol–water partition coefficient (Wildman–Crippen LogP) is 2.78. The van der Waals surface area contributed by atoms with E-state index < -0.39 is 0 Å². The third-order valence-corrected chi connectivity index (χ3v) is 3.84. The molecule has 24 heavy (non-hydrogen) atoms. The van der Waals surface area contributed by atoms with E-state index in [-0.39, 0.29) is 12.6 Å². The summed E-state index contributed by atoms with van der Waals surface area (Å²) in [5.74, 6) is 0.930. The lowest BCUT2D eigenvalue weighted by atomic mass is 10.2. The molecule has 0 fully saturated rings. The third-order valence-electron chi connectivity index (χ3n) is 3.84. The Morgan fingerprint density at radius 3 is 2.92 bits per heavy atom. The van der Waals surface area contributed by atoms with Crippen molar-refractivity contribution in [3.8, 4) is 11.5 Å². The second-order valence-electron chi connectivity index (χ2n) is 5.26. The number of amides is 2. The molecule has 123 valence electrons. The molecule has 1 N–H and O–H groups in total. The molecule has 0 bridgehead atoms. The summed E-state index contributed by atoms with van der Waals surface area (Å²) in [7, 11) is 1.51. The SMILES string of the molecule is COc1cc(OC[C]=O)ccc1NC(=O)N1CCc2ccccc21. The summed E-state index contributed by atoms with van der Waals surface area (Å²) in [6.45, 7) is 0.489. The van der Waals surface area contributed by atoms with Gasteiger partial charge in [-0.1, -0.05) is 18.2 Å². The molecule has 0 saturated heterocycles. The molecule has 1 radical (unpaired) electrons. The lowest BCUT2D eigenvalue weighted by Gasteiger charge is -2.19. The summed E-state index contributed by atoms with van der Waals surface area (Å²) in [5, 5.41) is 2.86. The molecule has 6 heteroatoms. The van der Waals surface area contributed by atoms with Gasteiger partial charge < -0.3 is 14.8 Å². The van der Waals surface area contributed by atoms with Gasteiger partial charge in [-0.3, -0.25) is 9.69 Å². The summed E-state index contributed by atoms with van der Waals surface area (Å²) in [5.41, 5.74) is 2.62. The Balaban J connectivity index is 1.76. The van der Waals surface area contributed by atoms with Gasteiger partial charge >= 0.3 is 6.03 Å². The summed E-state index contributed by atoms with van der Waals surface area (Å²) >= 11 is 0. The van der Waals surface area contributed by atoms with Crippen LogP contribution in [0.15, 0.2) is 42.5 Å². The van der Waals surface area contributed by atoms with Crippen LogP contribution in [0.1, 0.15) is 5.56 Å². The van der Waals surface area contributed by atoms with Gasteiger partial charge in [0.05, 0.1) is 12.8 Å². The zero-order valence-corrected chi connectivity index (χ0v) is 13.2. The van der Waals surface area contributed by atoms with Crippen LogP contribution in [0.3, 0.4) is 0 Å². The van der Waals surface area contributed by atoms with Gasteiger partial charge in [0, 0.05) is 18.3 Å². The molecular formula is C18H17N2O4. The molecule has 2 aromatic carbocycles. The first-order chi connectivity index (χ1) is 11.7. The van der Waals surface area contributed by atoms with E-state index in [0.29, 0.717) is 23.7 Å². The van der Waals surface area contributed by atoms with E-state index in [9.17, 15) is 9.59 Å². The number of carbonyl (C=O) groups is 1. The first-order valence-corrected chi connectivity index (χ1v) is 7.55. The Labute approximate surface area is 140 Å². The largest absolute Gasteiger partial charge is 0.494 e. The Kier molecular flexibility index (Phi) is 4.65. The zero-order chi connectivity index (χ0) is 16.9. The Hall–Kier alpha value is -3.02. The van der Waals surface area contributed by atoms with E-state index in [4.69, 9.17) is 9.47 Å². The number of nitrogens with zero attached hydrogens (tertiary/aromatic N) is 1. The number of para-hydroxylation sites is 1. The molecular weight excluding hydrogens is 308 g/mol. The van der Waals surface area contributed by atoms with Crippen LogP contribution in [-0.2, 0) is 11.2 Å². The quantitative estimate of drug-likeness (QED) is 0.918. The molecule has 0 aromatic heterocycles. The van der Waals surface area contributed by atoms with Crippen LogP contribution in [0.4, 0.5) is 16.2 Å². The van der Waals surface area contributed by atoms with Crippen LogP contribution in [0.25, 0.3) is 0 Å². The van der Waals surface area contributed by atoms with Gasteiger partial charge in [-0.15, -0.1) is 0 Å². The highest BCUT2D eigenvalue weighted by Gasteiger charge is 2.24. The van der Waals surface area contributed by atoms with Crippen molar-refractivity contribution in [3.05, 3.63) is 48.0 Å². The molecule has 0 unspecified atom stereocenters. The fourth-order valence-corrected chi connectivity index (χ4v) is 2.71. The molecule has 0 spiro atoms. The van der Waals surface area contributed by atoms with Crippen LogP contribution in [0, 0.1) is 0 Å². The standard InChI is InChI=1S/C18H17N2O4/c1-23-17-12-14(24-11-10-21)6-7-15(17)19-18(22)20-9-8-13-4-2-3-5-16(13)20/h2-7,12H,8-9,11H2,1H3,(H,19,22). The topological polar surface area (TPSA) is 67.9 Å². The molecule has 2 aromatic rings. The van der Waals surface area contributed by atoms with Gasteiger partial charge in [-0.2, -0.15) is 0 Å². The Morgan fingerprint density at radius 1 is 1.29 bits per heavy atom. The number of rotatable bonds is 5. The molecule has 3 rings (SSSR count). The number of hydrogen-bond acceptors (Lipinski definition) is 4. The highest BCUT2D eigenvalue weighted by Crippen LogP contribution is 2.31. The van der Waals surface area contributed by atoms with E-state index in [1.54, 1.807) is 29.4 Å². The number of ether oxygens (including phenoxy) is 2. The minimum absolute atomic E-state index is 0.153. The van der Waals surface area contributed by atoms with Gasteiger partial charge in [0.25, 0.3) is 0 Å². The van der Waals surface area contributed by atoms with Crippen molar-refractivity contribution in [1.29, 1.82) is 0 Å². The normalized spacial score (nSPS) is 12.5. The van der Waals surface area contributed by atoms with Gasteiger partial charge in [-0.25, -0.2) is 4.79 Å². The molecule has 6 nitrogen and oxygen atoms in total. The summed E-state index contributed by atoms with van der Waals surface area (Å²) < 4.78 is 10.5. The molecule has 1 heterocycles. The van der Waals surface area contributed by atoms with Crippen LogP contribution >= 0.6 is 0 Å². The van der Waals surface area contributed by atoms with Gasteiger partial charge in [0.2, 0.25) is 6.29 Å². The second kappa shape index (κ2) is 7.04. The number of anilines is 2. The van der Waals surface area contributed by atoms with E-state index in [1.807, 2.05) is 24.3 Å². The number of benzene rings is 2. The van der Waals surface area contributed by atoms with Crippen LogP contribution in [0.5, 0.6) is 11.5 Å². The van der Waals surface area contributed by atoms with Crippen molar-refractivity contribution in [2.75, 3.05) is 30.5 Å². The molecule has 0 saturated carbocycles. The maximum Gasteiger partial charge on any atom is 0.326 e. The van der Waals surface area contributed by atoms with Crippen molar-refractivity contribution in [2.45, 2.75) is 6.42 Å². The fourth-order valence-electron chi connectivity index (χ4n) is 2.71. The zero-order valence-electron chi connectivity index (χ0n) is 13.2. The maximum atomic E-state index is 12.6. The molecule has 2 amide bonds. The van der Waals surface area contributed by atoms with Crippen molar-refractivity contribution in [3.63, 3.8) is 0 Å². The summed E-state index contributed by atoms with van der Waals surface area (Å²) in [4.78, 5) is 24.5. The average molecular weight is 325 g/mol. The number of carbonyl (C=O) groups excluding carboxylic acids is 2. The lowest BCUT2D eigenvalue weighted by Crippen LogP contribution is -2.33. The lowest BCUT2D eigenvalue weighted by molar-refractivity contribution is 0.257. The maximum absolute atomic E-state index is 12.6. The third kappa shape index (κ3) is 3.17. The predicted molar refractivity (Wildman–Crippen MR) is 90.7 cm³/mol. The van der Waals surface area contributed by atoms with Crippen LogP contribution < -0.4 is 19.7 Å². The minimum atomic E-state index is -0.215. The smallest absolute Gasteiger partial charge is 0.326 e. The number of hydrogen-bond donors (Lipinski definition) is 1. The molecule has 1 aliphatic heterocycles. The summed E-state index contributed by atoms with van der Waals surface area (Å²) in [6, 6.07) is 12.6. The van der Waals surface area contributed by atoms with Crippen molar-refractivity contribution in [2.24, 2.45) is 0 Å². The number of urea groups is 1. The van der Waals surface area contributed by atoms with Gasteiger partial charge in [-0.05, 0) is 30.2 Å². The monoisotopic (exact) mass is 325 g/mol.